The Hall–Kier alpha value is -3.48. The number of carbonyl (C=O) groups is 1. The summed E-state index contributed by atoms with van der Waals surface area (Å²) in [5.74, 6) is 1.07. The summed E-state index contributed by atoms with van der Waals surface area (Å²) in [6.07, 6.45) is 3.96. The normalized spacial score (nSPS) is 15.4. The molecule has 7 nitrogen and oxygen atoms in total. The molecular weight excluding hydrogens is 356 g/mol. The second-order valence-corrected chi connectivity index (χ2v) is 6.78. The number of ether oxygens (including phenoxy) is 1. The van der Waals surface area contributed by atoms with Gasteiger partial charge >= 0.3 is 0 Å². The third-order valence-corrected chi connectivity index (χ3v) is 4.74. The van der Waals surface area contributed by atoms with Crippen LogP contribution in [0.4, 0.5) is 0 Å². The number of aromatic nitrogens is 3. The lowest BCUT2D eigenvalue weighted by atomic mass is 10.0. The molecule has 142 valence electrons. The predicted octanol–water partition coefficient (Wildman–Crippen LogP) is 1.80. The number of H-pyrrole nitrogens is 1. The van der Waals surface area contributed by atoms with Crippen molar-refractivity contribution in [2.24, 2.45) is 0 Å². The first kappa shape index (κ1) is 17.9. The Bertz CT molecular complexity index is 1060. The molecule has 0 aliphatic carbocycles. The van der Waals surface area contributed by atoms with Crippen molar-refractivity contribution in [2.45, 2.75) is 25.8 Å². The molecule has 0 spiro atoms. The molecule has 3 aromatic rings. The lowest BCUT2D eigenvalue weighted by Gasteiger charge is -2.26. The molecule has 28 heavy (non-hydrogen) atoms. The van der Waals surface area contributed by atoms with Crippen molar-refractivity contribution >= 4 is 5.91 Å². The largest absolute Gasteiger partial charge is 0.491 e. The van der Waals surface area contributed by atoms with Gasteiger partial charge in [0, 0.05) is 29.2 Å². The number of aryl methyl sites for hydroxylation is 1. The first-order valence-corrected chi connectivity index (χ1v) is 9.10. The van der Waals surface area contributed by atoms with E-state index in [1.165, 1.54) is 0 Å². The maximum Gasteiger partial charge on any atom is 0.255 e. The van der Waals surface area contributed by atoms with Gasteiger partial charge in [-0.25, -0.2) is 4.98 Å². The highest BCUT2D eigenvalue weighted by molar-refractivity contribution is 5.79. The van der Waals surface area contributed by atoms with E-state index >= 15 is 0 Å². The standard InChI is InChI=1S/C21H20N4O3/c1-13-17(21(27)25-20(23-13)15-6-4-8-22-11-15)10-19(26)24-16-9-14-5-2-3-7-18(14)28-12-16/h2-8,11,16H,9-10,12H2,1H3,(H,24,26)(H,23,25,27). The lowest BCUT2D eigenvalue weighted by Crippen LogP contribution is -2.43. The minimum absolute atomic E-state index is 0.0281. The summed E-state index contributed by atoms with van der Waals surface area (Å²) in [6.45, 7) is 2.15. The molecule has 2 N–H and O–H groups in total. The molecule has 1 amide bonds. The van der Waals surface area contributed by atoms with Crippen LogP contribution in [0.2, 0.25) is 0 Å². The summed E-state index contributed by atoms with van der Waals surface area (Å²) in [4.78, 5) is 36.2. The highest BCUT2D eigenvalue weighted by Crippen LogP contribution is 2.23. The SMILES string of the molecule is Cc1nc(-c2cccnc2)[nH]c(=O)c1CC(=O)NC1COc2ccccc2C1. The molecule has 0 saturated carbocycles. The van der Waals surface area contributed by atoms with Crippen LogP contribution >= 0.6 is 0 Å². The Morgan fingerprint density at radius 3 is 2.93 bits per heavy atom. The van der Waals surface area contributed by atoms with E-state index in [1.807, 2.05) is 30.3 Å². The third-order valence-electron chi connectivity index (χ3n) is 4.74. The number of pyridine rings is 1. The Labute approximate surface area is 161 Å². The van der Waals surface area contributed by atoms with Crippen LogP contribution in [0, 0.1) is 6.92 Å². The van der Waals surface area contributed by atoms with Crippen molar-refractivity contribution < 1.29 is 9.53 Å². The van der Waals surface area contributed by atoms with Crippen molar-refractivity contribution in [3.05, 3.63) is 76.0 Å². The molecule has 3 heterocycles. The van der Waals surface area contributed by atoms with Crippen molar-refractivity contribution in [3.8, 4) is 17.1 Å². The monoisotopic (exact) mass is 376 g/mol. The first-order valence-electron chi connectivity index (χ1n) is 9.10. The number of amides is 1. The molecule has 0 bridgehead atoms. The van der Waals surface area contributed by atoms with Gasteiger partial charge in [0.15, 0.2) is 0 Å². The number of carbonyl (C=O) groups excluding carboxylic acids is 1. The fourth-order valence-electron chi connectivity index (χ4n) is 3.32. The van der Waals surface area contributed by atoms with E-state index in [0.29, 0.717) is 30.1 Å². The summed E-state index contributed by atoms with van der Waals surface area (Å²) in [6, 6.07) is 11.3. The van der Waals surface area contributed by atoms with E-state index < -0.39 is 0 Å². The van der Waals surface area contributed by atoms with Gasteiger partial charge in [0.2, 0.25) is 5.91 Å². The number of para-hydroxylation sites is 1. The summed E-state index contributed by atoms with van der Waals surface area (Å²) in [7, 11) is 0. The van der Waals surface area contributed by atoms with Gasteiger partial charge in [-0.3, -0.25) is 14.6 Å². The maximum atomic E-state index is 12.5. The minimum atomic E-state index is -0.313. The first-order chi connectivity index (χ1) is 13.6. The predicted molar refractivity (Wildman–Crippen MR) is 104 cm³/mol. The topological polar surface area (TPSA) is 97.0 Å². The van der Waals surface area contributed by atoms with Crippen LogP contribution in [-0.4, -0.2) is 33.5 Å². The van der Waals surface area contributed by atoms with E-state index in [0.717, 1.165) is 16.9 Å². The molecule has 1 unspecified atom stereocenters. The van der Waals surface area contributed by atoms with Crippen molar-refractivity contribution in [3.63, 3.8) is 0 Å². The van der Waals surface area contributed by atoms with Crippen molar-refractivity contribution in [2.75, 3.05) is 6.61 Å². The number of benzene rings is 1. The van der Waals surface area contributed by atoms with Crippen LogP contribution in [0.3, 0.4) is 0 Å². The summed E-state index contributed by atoms with van der Waals surface area (Å²) >= 11 is 0. The van der Waals surface area contributed by atoms with Crippen LogP contribution in [0.5, 0.6) is 5.75 Å². The fourth-order valence-corrected chi connectivity index (χ4v) is 3.32. The third kappa shape index (κ3) is 3.78. The van der Waals surface area contributed by atoms with Gasteiger partial charge in [0.05, 0.1) is 12.5 Å². The van der Waals surface area contributed by atoms with Gasteiger partial charge in [-0.15, -0.1) is 0 Å². The van der Waals surface area contributed by atoms with E-state index in [-0.39, 0.29) is 23.9 Å². The van der Waals surface area contributed by atoms with Crippen LogP contribution < -0.4 is 15.6 Å². The van der Waals surface area contributed by atoms with Gasteiger partial charge in [0.25, 0.3) is 5.56 Å². The molecule has 0 radical (unpaired) electrons. The number of hydrogen-bond donors (Lipinski definition) is 2. The van der Waals surface area contributed by atoms with Crippen molar-refractivity contribution in [1.82, 2.24) is 20.3 Å². The summed E-state index contributed by atoms with van der Waals surface area (Å²) in [5, 5.41) is 2.95. The molecule has 4 rings (SSSR count). The Morgan fingerprint density at radius 2 is 2.14 bits per heavy atom. The number of hydrogen-bond acceptors (Lipinski definition) is 5. The van der Waals surface area contributed by atoms with Crippen LogP contribution in [0.1, 0.15) is 16.8 Å². The quantitative estimate of drug-likeness (QED) is 0.724. The van der Waals surface area contributed by atoms with Gasteiger partial charge < -0.3 is 15.0 Å². The molecule has 1 atom stereocenters. The van der Waals surface area contributed by atoms with E-state index in [9.17, 15) is 9.59 Å². The van der Waals surface area contributed by atoms with Gasteiger partial charge in [-0.1, -0.05) is 18.2 Å². The number of fused-ring (bicyclic) bond motifs is 1. The van der Waals surface area contributed by atoms with E-state index in [2.05, 4.69) is 20.3 Å². The van der Waals surface area contributed by atoms with Crippen LogP contribution in [-0.2, 0) is 17.6 Å². The molecule has 1 aliphatic rings. The average Bonchev–Trinajstić information content (AvgIpc) is 2.71. The molecule has 1 aliphatic heterocycles. The number of rotatable bonds is 4. The van der Waals surface area contributed by atoms with E-state index in [1.54, 1.807) is 25.4 Å². The zero-order chi connectivity index (χ0) is 19.5. The molecule has 7 heteroatoms. The Balaban J connectivity index is 1.46. The van der Waals surface area contributed by atoms with Crippen LogP contribution in [0.15, 0.2) is 53.6 Å². The smallest absolute Gasteiger partial charge is 0.255 e. The Morgan fingerprint density at radius 1 is 1.29 bits per heavy atom. The van der Waals surface area contributed by atoms with Gasteiger partial charge in [-0.2, -0.15) is 0 Å². The maximum absolute atomic E-state index is 12.5. The van der Waals surface area contributed by atoms with Crippen molar-refractivity contribution in [1.29, 1.82) is 0 Å². The number of nitrogens with one attached hydrogen (secondary N) is 2. The van der Waals surface area contributed by atoms with Gasteiger partial charge in [0.1, 0.15) is 18.2 Å². The second kappa shape index (κ2) is 7.64. The Kier molecular flexibility index (Phi) is 4.89. The summed E-state index contributed by atoms with van der Waals surface area (Å²) < 4.78 is 5.70. The molecule has 0 fully saturated rings. The number of aromatic amines is 1. The fraction of sp³-hybridized carbons (Fsp3) is 0.238. The summed E-state index contributed by atoms with van der Waals surface area (Å²) in [5.41, 5.74) is 2.37. The molecule has 1 aromatic carbocycles. The molecule has 0 saturated heterocycles. The molecule has 2 aromatic heterocycles. The second-order valence-electron chi connectivity index (χ2n) is 6.78. The van der Waals surface area contributed by atoms with E-state index in [4.69, 9.17) is 4.74 Å². The highest BCUT2D eigenvalue weighted by Gasteiger charge is 2.22. The number of nitrogens with zero attached hydrogens (tertiary/aromatic N) is 2. The highest BCUT2D eigenvalue weighted by atomic mass is 16.5. The minimum Gasteiger partial charge on any atom is -0.491 e. The lowest BCUT2D eigenvalue weighted by molar-refractivity contribution is -0.121. The zero-order valence-electron chi connectivity index (χ0n) is 15.4. The zero-order valence-corrected chi connectivity index (χ0v) is 15.4. The van der Waals surface area contributed by atoms with Crippen LogP contribution in [0.25, 0.3) is 11.4 Å². The van der Waals surface area contributed by atoms with Gasteiger partial charge in [-0.05, 0) is 37.1 Å². The average molecular weight is 376 g/mol. The molecular formula is C21H20N4O3.